The predicted molar refractivity (Wildman–Crippen MR) is 144 cm³/mol. The summed E-state index contributed by atoms with van der Waals surface area (Å²) in [5.41, 5.74) is 4.36. The summed E-state index contributed by atoms with van der Waals surface area (Å²) in [4.78, 5) is 33.6. The summed E-state index contributed by atoms with van der Waals surface area (Å²) in [5, 5.41) is 3.39. The van der Waals surface area contributed by atoms with E-state index < -0.39 is 0 Å². The summed E-state index contributed by atoms with van der Waals surface area (Å²) in [6.07, 6.45) is 0.676. The van der Waals surface area contributed by atoms with Crippen LogP contribution in [0.2, 0.25) is 0 Å². The molecule has 0 spiro atoms. The second kappa shape index (κ2) is 9.88. The van der Waals surface area contributed by atoms with Crippen molar-refractivity contribution in [2.45, 2.75) is 13.0 Å². The number of hydrogen-bond donors (Lipinski definition) is 2. The number of hydrogen-bond acceptors (Lipinski definition) is 5. The molecule has 0 atom stereocenters. The molecule has 0 saturated carbocycles. The van der Waals surface area contributed by atoms with Gasteiger partial charge in [-0.25, -0.2) is 4.98 Å². The van der Waals surface area contributed by atoms with Crippen LogP contribution in [-0.4, -0.2) is 38.7 Å². The molecule has 0 fully saturated rings. The molecule has 0 aliphatic rings. The summed E-state index contributed by atoms with van der Waals surface area (Å²) >= 11 is 5.37. The number of fused-ring (bicyclic) bond motifs is 2. The van der Waals surface area contributed by atoms with Crippen LogP contribution >= 0.6 is 12.2 Å². The van der Waals surface area contributed by atoms with E-state index >= 15 is 0 Å². The van der Waals surface area contributed by atoms with E-state index in [0.29, 0.717) is 46.5 Å². The Bertz CT molecular complexity index is 1700. The topological polar surface area (TPSA) is 93.9 Å². The minimum atomic E-state index is -0.282. The normalized spacial score (nSPS) is 11.3. The van der Waals surface area contributed by atoms with E-state index in [2.05, 4.69) is 10.3 Å². The van der Waals surface area contributed by atoms with Crippen LogP contribution in [0.25, 0.3) is 33.3 Å². The van der Waals surface area contributed by atoms with Gasteiger partial charge in [-0.1, -0.05) is 12.1 Å². The van der Waals surface area contributed by atoms with Crippen molar-refractivity contribution >= 4 is 45.7 Å². The first kappa shape index (κ1) is 23.7. The van der Waals surface area contributed by atoms with Gasteiger partial charge in [0.25, 0.3) is 11.5 Å². The van der Waals surface area contributed by atoms with Gasteiger partial charge in [-0.3, -0.25) is 14.2 Å². The molecule has 182 valence electrons. The molecule has 36 heavy (non-hydrogen) atoms. The number of ether oxygens (including phenoxy) is 1. The maximum Gasteiger partial charge on any atom is 0.262 e. The third-order valence-corrected chi connectivity index (χ3v) is 6.48. The molecular weight excluding hydrogens is 474 g/mol. The summed E-state index contributed by atoms with van der Waals surface area (Å²) in [5.74, 6) is 0.572. The molecule has 3 aromatic carbocycles. The second-order valence-corrected chi connectivity index (χ2v) is 8.89. The molecule has 0 aliphatic heterocycles. The van der Waals surface area contributed by atoms with Gasteiger partial charge < -0.3 is 19.6 Å². The predicted octanol–water partition coefficient (Wildman–Crippen LogP) is 4.90. The van der Waals surface area contributed by atoms with Crippen molar-refractivity contribution in [2.24, 2.45) is 7.05 Å². The summed E-state index contributed by atoms with van der Waals surface area (Å²) in [6, 6.07) is 20.5. The van der Waals surface area contributed by atoms with Crippen LogP contribution in [0.5, 0.6) is 0 Å². The fourth-order valence-electron chi connectivity index (χ4n) is 4.28. The van der Waals surface area contributed by atoms with Gasteiger partial charge in [0.2, 0.25) is 0 Å². The van der Waals surface area contributed by atoms with E-state index in [1.807, 2.05) is 60.1 Å². The number of benzene rings is 3. The van der Waals surface area contributed by atoms with E-state index in [9.17, 15) is 9.59 Å². The molecule has 2 heterocycles. The van der Waals surface area contributed by atoms with Crippen molar-refractivity contribution in [1.29, 1.82) is 0 Å². The van der Waals surface area contributed by atoms with Gasteiger partial charge in [-0.2, -0.15) is 0 Å². The molecule has 0 bridgehead atoms. The number of methoxy groups -OCH3 is 1. The second-order valence-electron chi connectivity index (χ2n) is 8.51. The number of rotatable bonds is 7. The summed E-state index contributed by atoms with van der Waals surface area (Å²) in [7, 11) is 3.60. The van der Waals surface area contributed by atoms with E-state index in [1.165, 1.54) is 4.57 Å². The molecular formula is C27H25N5O3S. The first-order valence-electron chi connectivity index (χ1n) is 11.6. The molecule has 2 N–H and O–H groups in total. The molecule has 0 aliphatic carbocycles. The number of anilines is 1. The van der Waals surface area contributed by atoms with E-state index in [-0.39, 0.29) is 11.5 Å². The molecule has 0 radical (unpaired) electrons. The van der Waals surface area contributed by atoms with E-state index in [4.69, 9.17) is 21.9 Å². The van der Waals surface area contributed by atoms with Crippen molar-refractivity contribution in [3.05, 3.63) is 87.4 Å². The fourth-order valence-corrected chi connectivity index (χ4v) is 4.56. The minimum Gasteiger partial charge on any atom is -0.385 e. The number of aromatic amines is 1. The zero-order valence-electron chi connectivity index (χ0n) is 19.9. The van der Waals surface area contributed by atoms with Crippen molar-refractivity contribution in [2.75, 3.05) is 19.0 Å². The Morgan fingerprint density at radius 3 is 2.64 bits per heavy atom. The van der Waals surface area contributed by atoms with E-state index in [0.717, 1.165) is 22.4 Å². The average Bonchev–Trinajstić information content (AvgIpc) is 3.22. The van der Waals surface area contributed by atoms with Crippen LogP contribution < -0.4 is 10.9 Å². The lowest BCUT2D eigenvalue weighted by Gasteiger charge is -2.10. The van der Waals surface area contributed by atoms with Crippen molar-refractivity contribution in [1.82, 2.24) is 19.1 Å². The monoisotopic (exact) mass is 499 g/mol. The van der Waals surface area contributed by atoms with Gasteiger partial charge in [0.1, 0.15) is 5.82 Å². The SMILES string of the molecule is COCCCn1c(=S)[nH]c2cc(C(=O)Nc3ccc(-c4nc5ccccc5n4C)cc3)ccc2c1=O. The molecule has 5 aromatic rings. The number of nitrogens with one attached hydrogen (secondary N) is 2. The van der Waals surface area contributed by atoms with Crippen LogP contribution in [0.3, 0.4) is 0 Å². The third-order valence-electron chi connectivity index (χ3n) is 6.16. The lowest BCUT2D eigenvalue weighted by atomic mass is 10.1. The first-order valence-corrected chi connectivity index (χ1v) is 12.0. The molecule has 8 nitrogen and oxygen atoms in total. The number of aryl methyl sites for hydroxylation is 1. The Morgan fingerprint density at radius 1 is 1.11 bits per heavy atom. The Labute approximate surface area is 212 Å². The summed E-state index contributed by atoms with van der Waals surface area (Å²) < 4.78 is 8.94. The largest absolute Gasteiger partial charge is 0.385 e. The lowest BCUT2D eigenvalue weighted by molar-refractivity contribution is 0.102. The van der Waals surface area contributed by atoms with Crippen LogP contribution in [0.1, 0.15) is 16.8 Å². The molecule has 0 unspecified atom stereocenters. The van der Waals surface area contributed by atoms with Gasteiger partial charge in [0.05, 0.1) is 21.9 Å². The highest BCUT2D eigenvalue weighted by Gasteiger charge is 2.12. The van der Waals surface area contributed by atoms with Gasteiger partial charge in [0.15, 0.2) is 4.77 Å². The number of carbonyl (C=O) groups excluding carboxylic acids is 1. The summed E-state index contributed by atoms with van der Waals surface area (Å²) in [6.45, 7) is 1.00. The van der Waals surface area contributed by atoms with Crippen molar-refractivity contribution in [3.8, 4) is 11.4 Å². The molecule has 5 rings (SSSR count). The van der Waals surface area contributed by atoms with Gasteiger partial charge in [-0.05, 0) is 73.2 Å². The maximum absolute atomic E-state index is 12.9. The lowest BCUT2D eigenvalue weighted by Crippen LogP contribution is -2.23. The standard InChI is InChI=1S/C27H25N5O3S/c1-31-23-7-4-3-6-21(23)29-24(31)17-8-11-19(12-9-17)28-25(33)18-10-13-20-22(16-18)30-27(36)32(26(20)34)14-5-15-35-2/h3-4,6-13,16H,5,14-15H2,1-2H3,(H,28,33)(H,30,36). The molecule has 0 saturated heterocycles. The maximum atomic E-state index is 12.9. The highest BCUT2D eigenvalue weighted by molar-refractivity contribution is 7.71. The number of carbonyl (C=O) groups is 1. The Hall–Kier alpha value is -4.08. The Morgan fingerprint density at radius 2 is 1.89 bits per heavy atom. The zero-order chi connectivity index (χ0) is 25.2. The van der Waals surface area contributed by atoms with Gasteiger partial charge >= 0.3 is 0 Å². The highest BCUT2D eigenvalue weighted by atomic mass is 32.1. The molecule has 1 amide bonds. The quantitative estimate of drug-likeness (QED) is 0.245. The average molecular weight is 500 g/mol. The van der Waals surface area contributed by atoms with Gasteiger partial charge in [0, 0.05) is 44.1 Å². The number of aromatic nitrogens is 4. The molecule has 2 aromatic heterocycles. The van der Waals surface area contributed by atoms with Gasteiger partial charge in [-0.15, -0.1) is 0 Å². The van der Waals surface area contributed by atoms with Crippen LogP contribution in [-0.2, 0) is 18.3 Å². The minimum absolute atomic E-state index is 0.186. The van der Waals surface area contributed by atoms with Crippen LogP contribution in [0.15, 0.2) is 71.5 Å². The van der Waals surface area contributed by atoms with Crippen molar-refractivity contribution < 1.29 is 9.53 Å². The zero-order valence-corrected chi connectivity index (χ0v) is 20.8. The number of nitrogens with zero attached hydrogens (tertiary/aromatic N) is 3. The highest BCUT2D eigenvalue weighted by Crippen LogP contribution is 2.25. The number of amides is 1. The van der Waals surface area contributed by atoms with Crippen LogP contribution in [0, 0.1) is 4.77 Å². The smallest absolute Gasteiger partial charge is 0.262 e. The van der Waals surface area contributed by atoms with Crippen LogP contribution in [0.4, 0.5) is 5.69 Å². The Kier molecular flexibility index (Phi) is 6.49. The van der Waals surface area contributed by atoms with Crippen molar-refractivity contribution in [3.63, 3.8) is 0 Å². The number of para-hydroxylation sites is 2. The number of H-pyrrole nitrogens is 1. The third kappa shape index (κ3) is 4.46. The Balaban J connectivity index is 1.36. The number of imidazole rings is 1. The first-order chi connectivity index (χ1) is 17.5. The molecule has 9 heteroatoms. The van der Waals surface area contributed by atoms with E-state index in [1.54, 1.807) is 25.3 Å². The fraction of sp³-hybridized carbons (Fsp3) is 0.185.